The molecule has 0 fully saturated rings. The Balaban J connectivity index is 1.19. The molecule has 0 aliphatic carbocycles. The summed E-state index contributed by atoms with van der Waals surface area (Å²) in [5, 5.41) is 15.0. The number of carbonyl (C=O) groups is 1. The topological polar surface area (TPSA) is 103 Å². The van der Waals surface area contributed by atoms with E-state index in [0.717, 1.165) is 28.2 Å². The third-order valence-electron chi connectivity index (χ3n) is 6.82. The van der Waals surface area contributed by atoms with Gasteiger partial charge in [0, 0.05) is 33.4 Å². The molecule has 0 spiro atoms. The van der Waals surface area contributed by atoms with Gasteiger partial charge in [0.25, 0.3) is 11.6 Å². The summed E-state index contributed by atoms with van der Waals surface area (Å²) in [6.07, 6.45) is 1.40. The fourth-order valence-electron chi connectivity index (χ4n) is 4.75. The summed E-state index contributed by atoms with van der Waals surface area (Å²) >= 11 is 3.35. The zero-order valence-corrected chi connectivity index (χ0v) is 24.1. The van der Waals surface area contributed by atoms with Crippen LogP contribution in [0.15, 0.2) is 141 Å². The van der Waals surface area contributed by atoms with Crippen molar-refractivity contribution in [3.05, 3.63) is 153 Å². The van der Waals surface area contributed by atoms with E-state index in [1.165, 1.54) is 18.3 Å². The summed E-state index contributed by atoms with van der Waals surface area (Å²) in [5.74, 6) is 0.539. The lowest BCUT2D eigenvalue weighted by molar-refractivity contribution is -0.384. The molecule has 1 amide bonds. The first-order valence-corrected chi connectivity index (χ1v) is 14.1. The molecular weight excluding hydrogens is 608 g/mol. The highest BCUT2D eigenvalue weighted by atomic mass is 79.9. The number of amides is 1. The smallest absolute Gasteiger partial charge is 0.271 e. The zero-order chi connectivity index (χ0) is 29.8. The second-order valence-corrected chi connectivity index (χ2v) is 10.4. The average molecular weight is 631 g/mol. The third-order valence-corrected chi connectivity index (χ3v) is 7.48. The number of nitro groups is 1. The SMILES string of the molecule is O=C(N/N=C/c1ccc(-c2ccc([N+](=O)[O-])cc2Br)o1)c1ccc(-n2c(-c3ccccc3)ccc2-c2ccccc2)cc1. The van der Waals surface area contributed by atoms with Crippen LogP contribution in [0.3, 0.4) is 0 Å². The maximum Gasteiger partial charge on any atom is 0.271 e. The monoisotopic (exact) mass is 630 g/mol. The molecular formula is C34H23BrN4O4. The normalized spacial score (nSPS) is 11.1. The molecule has 0 saturated carbocycles. The van der Waals surface area contributed by atoms with Crippen molar-refractivity contribution >= 4 is 33.7 Å². The van der Waals surface area contributed by atoms with Crippen LogP contribution in [0.1, 0.15) is 16.1 Å². The minimum absolute atomic E-state index is 0.0265. The Morgan fingerprint density at radius 3 is 2.02 bits per heavy atom. The van der Waals surface area contributed by atoms with Crippen LogP contribution in [0.4, 0.5) is 5.69 Å². The Bertz CT molecular complexity index is 1890. The van der Waals surface area contributed by atoms with Crippen molar-refractivity contribution < 1.29 is 14.1 Å². The number of benzene rings is 4. The standard InChI is InChI=1S/C34H23BrN4O4/c35-30-21-27(39(41)42)15-17-29(30)33-20-16-28(43-33)22-36-37-34(40)25-11-13-26(14-12-25)38-31(23-7-3-1-4-8-23)18-19-32(38)24-9-5-2-6-10-24/h1-22H,(H,37,40)/b36-22+. The van der Waals surface area contributed by atoms with Gasteiger partial charge in [0.1, 0.15) is 11.5 Å². The Morgan fingerprint density at radius 1 is 0.814 bits per heavy atom. The second-order valence-electron chi connectivity index (χ2n) is 9.54. The molecule has 0 bridgehead atoms. The fraction of sp³-hybridized carbons (Fsp3) is 0. The van der Waals surface area contributed by atoms with Crippen molar-refractivity contribution in [3.63, 3.8) is 0 Å². The average Bonchev–Trinajstić information content (AvgIpc) is 3.70. The number of non-ortho nitro benzene ring substituents is 1. The van der Waals surface area contributed by atoms with E-state index < -0.39 is 4.92 Å². The van der Waals surface area contributed by atoms with Crippen LogP contribution < -0.4 is 5.43 Å². The van der Waals surface area contributed by atoms with Crippen LogP contribution in [0.25, 0.3) is 39.5 Å². The van der Waals surface area contributed by atoms with Crippen molar-refractivity contribution in [1.29, 1.82) is 0 Å². The van der Waals surface area contributed by atoms with Crippen LogP contribution in [0.2, 0.25) is 0 Å². The molecule has 8 nitrogen and oxygen atoms in total. The number of hydrazone groups is 1. The van der Waals surface area contributed by atoms with E-state index in [2.05, 4.69) is 67.4 Å². The molecule has 0 radical (unpaired) electrons. The van der Waals surface area contributed by atoms with E-state index in [1.807, 2.05) is 48.5 Å². The Labute approximate surface area is 255 Å². The van der Waals surface area contributed by atoms with Gasteiger partial charge in [-0.25, -0.2) is 5.43 Å². The Hall–Kier alpha value is -5.54. The summed E-state index contributed by atoms with van der Waals surface area (Å²) in [6, 6.07) is 39.8. The number of nitro benzene ring substituents is 1. The number of hydrogen-bond donors (Lipinski definition) is 1. The largest absolute Gasteiger partial charge is 0.455 e. The number of nitrogens with one attached hydrogen (secondary N) is 1. The fourth-order valence-corrected chi connectivity index (χ4v) is 5.31. The van der Waals surface area contributed by atoms with Gasteiger partial charge in [-0.2, -0.15) is 5.10 Å². The van der Waals surface area contributed by atoms with E-state index in [1.54, 1.807) is 30.3 Å². The summed E-state index contributed by atoms with van der Waals surface area (Å²) in [5.41, 5.74) is 8.79. The number of halogens is 1. The molecule has 1 N–H and O–H groups in total. The van der Waals surface area contributed by atoms with Crippen LogP contribution in [0.5, 0.6) is 0 Å². The molecule has 210 valence electrons. The first-order valence-electron chi connectivity index (χ1n) is 13.3. The van der Waals surface area contributed by atoms with Crippen molar-refractivity contribution in [2.75, 3.05) is 0 Å². The van der Waals surface area contributed by atoms with E-state index in [0.29, 0.717) is 27.1 Å². The van der Waals surface area contributed by atoms with E-state index in [4.69, 9.17) is 4.42 Å². The summed E-state index contributed by atoms with van der Waals surface area (Å²) in [4.78, 5) is 23.4. The number of carbonyl (C=O) groups excluding carboxylic acids is 1. The van der Waals surface area contributed by atoms with Crippen molar-refractivity contribution in [2.45, 2.75) is 0 Å². The number of hydrogen-bond acceptors (Lipinski definition) is 5. The van der Waals surface area contributed by atoms with Gasteiger partial charge in [-0.15, -0.1) is 0 Å². The lowest BCUT2D eigenvalue weighted by Gasteiger charge is -2.15. The lowest BCUT2D eigenvalue weighted by Crippen LogP contribution is -2.17. The van der Waals surface area contributed by atoms with Gasteiger partial charge in [-0.3, -0.25) is 14.9 Å². The van der Waals surface area contributed by atoms with Crippen molar-refractivity contribution in [1.82, 2.24) is 9.99 Å². The highest BCUT2D eigenvalue weighted by molar-refractivity contribution is 9.10. The molecule has 2 heterocycles. The van der Waals surface area contributed by atoms with Crippen LogP contribution in [0, 0.1) is 10.1 Å². The molecule has 0 saturated heterocycles. The molecule has 6 rings (SSSR count). The second kappa shape index (κ2) is 12.1. The van der Waals surface area contributed by atoms with Crippen LogP contribution in [-0.4, -0.2) is 21.6 Å². The first kappa shape index (κ1) is 27.6. The predicted octanol–water partition coefficient (Wildman–Crippen LogP) is 8.51. The Kier molecular flexibility index (Phi) is 7.80. The number of nitrogens with zero attached hydrogens (tertiary/aromatic N) is 3. The number of aromatic nitrogens is 1. The maximum atomic E-state index is 12.8. The van der Waals surface area contributed by atoms with Crippen LogP contribution in [-0.2, 0) is 0 Å². The number of rotatable bonds is 8. The molecule has 43 heavy (non-hydrogen) atoms. The minimum Gasteiger partial charge on any atom is -0.455 e. The highest BCUT2D eigenvalue weighted by Crippen LogP contribution is 2.33. The zero-order valence-electron chi connectivity index (χ0n) is 22.6. The van der Waals surface area contributed by atoms with Gasteiger partial charge in [-0.1, -0.05) is 60.7 Å². The quantitative estimate of drug-likeness (QED) is 0.103. The van der Waals surface area contributed by atoms with Crippen molar-refractivity contribution in [2.24, 2.45) is 5.10 Å². The van der Waals surface area contributed by atoms with Gasteiger partial charge in [0.15, 0.2) is 0 Å². The molecule has 6 aromatic rings. The Morgan fingerprint density at radius 2 is 1.44 bits per heavy atom. The molecule has 0 unspecified atom stereocenters. The maximum absolute atomic E-state index is 12.8. The van der Waals surface area contributed by atoms with Crippen LogP contribution >= 0.6 is 15.9 Å². The van der Waals surface area contributed by atoms with Crippen molar-refractivity contribution in [3.8, 4) is 39.5 Å². The van der Waals surface area contributed by atoms with Gasteiger partial charge in [-0.05, 0) is 81.7 Å². The minimum atomic E-state index is -0.463. The highest BCUT2D eigenvalue weighted by Gasteiger charge is 2.15. The van der Waals surface area contributed by atoms with Gasteiger partial charge < -0.3 is 8.98 Å². The lowest BCUT2D eigenvalue weighted by atomic mass is 10.1. The van der Waals surface area contributed by atoms with Gasteiger partial charge in [0.05, 0.1) is 22.5 Å². The third kappa shape index (κ3) is 5.93. The molecule has 0 aliphatic rings. The molecule has 4 aromatic carbocycles. The molecule has 0 aliphatic heterocycles. The number of furan rings is 1. The van der Waals surface area contributed by atoms with E-state index in [-0.39, 0.29) is 11.6 Å². The molecule has 2 aromatic heterocycles. The van der Waals surface area contributed by atoms with Gasteiger partial charge >= 0.3 is 0 Å². The first-order chi connectivity index (χ1) is 21.0. The van der Waals surface area contributed by atoms with E-state index in [9.17, 15) is 14.9 Å². The predicted molar refractivity (Wildman–Crippen MR) is 170 cm³/mol. The summed E-state index contributed by atoms with van der Waals surface area (Å²) in [6.45, 7) is 0. The summed E-state index contributed by atoms with van der Waals surface area (Å²) < 4.78 is 8.50. The summed E-state index contributed by atoms with van der Waals surface area (Å²) in [7, 11) is 0. The van der Waals surface area contributed by atoms with Gasteiger partial charge in [0.2, 0.25) is 0 Å². The van der Waals surface area contributed by atoms with E-state index >= 15 is 0 Å². The molecule has 0 atom stereocenters. The molecule has 9 heteroatoms.